The van der Waals surface area contributed by atoms with Crippen LogP contribution in [0.1, 0.15) is 212 Å². The summed E-state index contributed by atoms with van der Waals surface area (Å²) in [5.41, 5.74) is 7.41. The number of unbranched alkanes of at least 4 members (excludes halogenated alkanes) is 26. The topological polar surface area (TPSA) is 79.0 Å². The molecule has 4 nitrogen and oxygen atoms in total. The van der Waals surface area contributed by atoms with Crippen LogP contribution < -0.4 is 11.1 Å². The maximum atomic E-state index is 13.3. The minimum Gasteiger partial charge on any atom is -0.387 e. The maximum Gasteiger partial charge on any atom is 0.227 e. The van der Waals surface area contributed by atoms with Crippen molar-refractivity contribution >= 4 is 17.4 Å². The molecule has 0 aromatic heterocycles. The molecule has 1 rings (SSSR count). The molecule has 0 saturated heterocycles. The molecule has 0 bridgehead atoms. The normalized spacial score (nSPS) is 11.4. The fourth-order valence-corrected chi connectivity index (χ4v) is 6.75. The Hall–Kier alpha value is -1.84. The molecular formula is C42H77N3O. The Morgan fingerprint density at radius 1 is 0.543 bits per heavy atom. The van der Waals surface area contributed by atoms with Gasteiger partial charge >= 0.3 is 0 Å². The highest BCUT2D eigenvalue weighted by atomic mass is 16.1. The third-order valence-electron chi connectivity index (χ3n) is 9.80. The Bertz CT molecular complexity index is 789. The van der Waals surface area contributed by atoms with E-state index >= 15 is 0 Å². The van der Waals surface area contributed by atoms with Crippen LogP contribution in [0.25, 0.3) is 0 Å². The Kier molecular flexibility index (Phi) is 29.1. The Morgan fingerprint density at radius 2 is 0.848 bits per heavy atom. The summed E-state index contributed by atoms with van der Waals surface area (Å²) < 4.78 is 0. The molecule has 4 heteroatoms. The molecule has 0 fully saturated rings. The van der Waals surface area contributed by atoms with E-state index in [1.54, 1.807) is 0 Å². The smallest absolute Gasteiger partial charge is 0.227 e. The first kappa shape index (κ1) is 42.2. The van der Waals surface area contributed by atoms with Crippen molar-refractivity contribution in [1.29, 1.82) is 5.41 Å². The number of hydrogen-bond donors (Lipinski definition) is 3. The predicted molar refractivity (Wildman–Crippen MR) is 204 cm³/mol. The Morgan fingerprint density at radius 3 is 1.15 bits per heavy atom. The minimum absolute atomic E-state index is 0.103. The first-order valence-electron chi connectivity index (χ1n) is 20.3. The lowest BCUT2D eigenvalue weighted by molar-refractivity contribution is -0.120. The molecule has 1 aromatic carbocycles. The molecule has 0 atom stereocenters. The summed E-state index contributed by atoms with van der Waals surface area (Å²) in [5.74, 6) is 0.452. The third kappa shape index (κ3) is 26.3. The van der Waals surface area contributed by atoms with Gasteiger partial charge in [0.15, 0.2) is 0 Å². The van der Waals surface area contributed by atoms with Gasteiger partial charge in [0, 0.05) is 18.0 Å². The van der Waals surface area contributed by atoms with Gasteiger partial charge in [-0.15, -0.1) is 0 Å². The van der Waals surface area contributed by atoms with Gasteiger partial charge in [-0.3, -0.25) is 10.2 Å². The highest BCUT2D eigenvalue weighted by molar-refractivity contribution is 5.92. The lowest BCUT2D eigenvalue weighted by atomic mass is 9.93. The number of hydrogen-bond acceptors (Lipinski definition) is 2. The molecule has 4 N–H and O–H groups in total. The van der Waals surface area contributed by atoms with E-state index in [2.05, 4.69) is 19.2 Å². The number of benzene rings is 1. The van der Waals surface area contributed by atoms with Crippen molar-refractivity contribution in [3.8, 4) is 0 Å². The van der Waals surface area contributed by atoms with Gasteiger partial charge in [-0.25, -0.2) is 0 Å². The summed E-state index contributed by atoms with van der Waals surface area (Å²) in [7, 11) is 0. The number of amides is 1. The standard InChI is InChI=1S/C42H77N3O/c1-3-5-7-9-11-13-15-17-19-21-23-25-27-29-31-39(42(46)45-40-35-33-38(34-36-40)37-41(43)44)32-30-28-26-24-22-20-18-16-14-12-10-8-6-4-2/h33-36,39H,3-32,37H2,1-2H3,(H3,43,44)(H,45,46). The zero-order chi connectivity index (χ0) is 33.3. The van der Waals surface area contributed by atoms with Crippen LogP contribution in [0.2, 0.25) is 0 Å². The third-order valence-corrected chi connectivity index (χ3v) is 9.80. The number of carbonyl (C=O) groups excluding carboxylic acids is 1. The van der Waals surface area contributed by atoms with Gasteiger partial charge in [0.05, 0.1) is 5.84 Å². The summed E-state index contributed by atoms with van der Waals surface area (Å²) in [5, 5.41) is 10.7. The first-order chi connectivity index (χ1) is 22.6. The summed E-state index contributed by atoms with van der Waals surface area (Å²) in [6.07, 6.45) is 40.7. The molecule has 0 spiro atoms. The molecule has 0 unspecified atom stereocenters. The van der Waals surface area contributed by atoms with Crippen molar-refractivity contribution in [2.75, 3.05) is 5.32 Å². The Labute approximate surface area is 286 Å². The van der Waals surface area contributed by atoms with Crippen molar-refractivity contribution in [1.82, 2.24) is 0 Å². The molecule has 0 aliphatic carbocycles. The van der Waals surface area contributed by atoms with Gasteiger partial charge in [-0.2, -0.15) is 0 Å². The summed E-state index contributed by atoms with van der Waals surface area (Å²) in [6, 6.07) is 7.83. The number of carbonyl (C=O) groups is 1. The van der Waals surface area contributed by atoms with E-state index in [0.717, 1.165) is 36.9 Å². The predicted octanol–water partition coefficient (Wildman–Crippen LogP) is 13.5. The van der Waals surface area contributed by atoms with E-state index in [1.807, 2.05) is 24.3 Å². The van der Waals surface area contributed by atoms with E-state index in [0.29, 0.717) is 6.42 Å². The van der Waals surface area contributed by atoms with Gasteiger partial charge in [0.25, 0.3) is 0 Å². The van der Waals surface area contributed by atoms with E-state index in [1.165, 1.54) is 167 Å². The number of nitrogens with two attached hydrogens (primary N) is 1. The van der Waals surface area contributed by atoms with Crippen LogP contribution in [0.15, 0.2) is 24.3 Å². The first-order valence-corrected chi connectivity index (χ1v) is 20.3. The molecule has 1 aromatic rings. The molecular weight excluding hydrogens is 562 g/mol. The second-order valence-electron chi connectivity index (χ2n) is 14.4. The largest absolute Gasteiger partial charge is 0.387 e. The van der Waals surface area contributed by atoms with Crippen molar-refractivity contribution in [2.24, 2.45) is 11.7 Å². The van der Waals surface area contributed by atoms with Gasteiger partial charge < -0.3 is 11.1 Å². The quantitative estimate of drug-likeness (QED) is 0.0398. The molecule has 0 saturated carbocycles. The van der Waals surface area contributed by atoms with E-state index < -0.39 is 0 Å². The zero-order valence-electron chi connectivity index (χ0n) is 30.8. The average molecular weight is 640 g/mol. The fraction of sp³-hybridized carbons (Fsp3) is 0.810. The molecule has 0 aliphatic rings. The average Bonchev–Trinajstić information content (AvgIpc) is 3.04. The van der Waals surface area contributed by atoms with Crippen LogP contribution in [-0.4, -0.2) is 11.7 Å². The van der Waals surface area contributed by atoms with Gasteiger partial charge in [-0.1, -0.05) is 206 Å². The maximum absolute atomic E-state index is 13.3. The van der Waals surface area contributed by atoms with Crippen molar-refractivity contribution < 1.29 is 4.79 Å². The monoisotopic (exact) mass is 640 g/mol. The molecule has 1 amide bonds. The number of amidine groups is 1. The number of rotatable bonds is 34. The van der Waals surface area contributed by atoms with Crippen LogP contribution in [0.3, 0.4) is 0 Å². The number of nitrogens with one attached hydrogen (secondary N) is 2. The van der Waals surface area contributed by atoms with Crippen LogP contribution in [0.5, 0.6) is 0 Å². The second kappa shape index (κ2) is 31.7. The van der Waals surface area contributed by atoms with Gasteiger partial charge in [-0.05, 0) is 30.5 Å². The van der Waals surface area contributed by atoms with Gasteiger partial charge in [0.1, 0.15) is 0 Å². The number of anilines is 1. The minimum atomic E-state index is 0.103. The van der Waals surface area contributed by atoms with Crippen LogP contribution in [-0.2, 0) is 11.2 Å². The van der Waals surface area contributed by atoms with E-state index in [4.69, 9.17) is 11.1 Å². The van der Waals surface area contributed by atoms with Crippen LogP contribution >= 0.6 is 0 Å². The van der Waals surface area contributed by atoms with Crippen LogP contribution in [0, 0.1) is 11.3 Å². The highest BCUT2D eigenvalue weighted by Crippen LogP contribution is 2.22. The van der Waals surface area contributed by atoms with Crippen molar-refractivity contribution in [2.45, 2.75) is 213 Å². The van der Waals surface area contributed by atoms with Crippen molar-refractivity contribution in [3.05, 3.63) is 29.8 Å². The molecule has 0 aliphatic heterocycles. The molecule has 0 heterocycles. The van der Waals surface area contributed by atoms with E-state index in [9.17, 15) is 4.79 Å². The zero-order valence-corrected chi connectivity index (χ0v) is 30.8. The fourth-order valence-electron chi connectivity index (χ4n) is 6.75. The lowest BCUT2D eigenvalue weighted by Gasteiger charge is -2.17. The SMILES string of the molecule is CCCCCCCCCCCCCCCCC(CCCCCCCCCCCCCCCC)C(=O)Nc1ccc(CC(=N)N)cc1. The summed E-state index contributed by atoms with van der Waals surface area (Å²) in [4.78, 5) is 13.3. The molecule has 0 radical (unpaired) electrons. The molecule has 266 valence electrons. The lowest BCUT2D eigenvalue weighted by Crippen LogP contribution is -2.23. The second-order valence-corrected chi connectivity index (χ2v) is 14.4. The van der Waals surface area contributed by atoms with Crippen LogP contribution in [0.4, 0.5) is 5.69 Å². The molecule has 46 heavy (non-hydrogen) atoms. The van der Waals surface area contributed by atoms with Gasteiger partial charge in [0.2, 0.25) is 5.91 Å². The van der Waals surface area contributed by atoms with E-state index in [-0.39, 0.29) is 17.7 Å². The Balaban J connectivity index is 2.27. The summed E-state index contributed by atoms with van der Waals surface area (Å²) >= 11 is 0. The highest BCUT2D eigenvalue weighted by Gasteiger charge is 2.18. The van der Waals surface area contributed by atoms with Crippen molar-refractivity contribution in [3.63, 3.8) is 0 Å². The summed E-state index contributed by atoms with van der Waals surface area (Å²) in [6.45, 7) is 4.58.